The lowest BCUT2D eigenvalue weighted by Gasteiger charge is -2.30. The van der Waals surface area contributed by atoms with Crippen LogP contribution in [0.4, 0.5) is 0 Å². The van der Waals surface area contributed by atoms with Gasteiger partial charge >= 0.3 is 0 Å². The van der Waals surface area contributed by atoms with Crippen LogP contribution in [0.1, 0.15) is 33.6 Å². The largest absolute Gasteiger partial charge is 0.349 e. The SMILES string of the molecule is CCN(CC)C(=O)C(C)N1CCCC1=N. The first kappa shape index (κ1) is 12.0. The second-order valence-electron chi connectivity index (χ2n) is 3.93. The molecule has 1 heterocycles. The molecule has 0 bridgehead atoms. The van der Waals surface area contributed by atoms with Crippen molar-refractivity contribution in [1.29, 1.82) is 5.41 Å². The predicted octanol–water partition coefficient (Wildman–Crippen LogP) is 1.32. The topological polar surface area (TPSA) is 47.4 Å². The van der Waals surface area contributed by atoms with E-state index in [4.69, 9.17) is 5.41 Å². The zero-order valence-corrected chi connectivity index (χ0v) is 9.92. The Labute approximate surface area is 91.7 Å². The number of rotatable bonds is 4. The van der Waals surface area contributed by atoms with Crippen molar-refractivity contribution in [2.24, 2.45) is 0 Å². The van der Waals surface area contributed by atoms with Crippen LogP contribution >= 0.6 is 0 Å². The Bertz CT molecular complexity index is 248. The average Bonchev–Trinajstić information content (AvgIpc) is 2.65. The van der Waals surface area contributed by atoms with Crippen LogP contribution in [0.25, 0.3) is 0 Å². The third-order valence-corrected chi connectivity index (χ3v) is 3.06. The van der Waals surface area contributed by atoms with E-state index in [0.717, 1.165) is 32.5 Å². The molecule has 1 aliphatic rings. The third-order valence-electron chi connectivity index (χ3n) is 3.06. The standard InChI is InChI=1S/C11H21N3O/c1-4-13(5-2)11(15)9(3)14-8-6-7-10(14)12/h9,12H,4-8H2,1-3H3. The second-order valence-corrected chi connectivity index (χ2v) is 3.93. The Morgan fingerprint density at radius 3 is 2.53 bits per heavy atom. The Morgan fingerprint density at radius 2 is 2.13 bits per heavy atom. The van der Waals surface area contributed by atoms with Crippen LogP contribution in [0.15, 0.2) is 0 Å². The first-order valence-corrected chi connectivity index (χ1v) is 5.74. The molecule has 1 N–H and O–H groups in total. The summed E-state index contributed by atoms with van der Waals surface area (Å²) >= 11 is 0. The number of hydrogen-bond acceptors (Lipinski definition) is 2. The van der Waals surface area contributed by atoms with Crippen molar-refractivity contribution in [1.82, 2.24) is 9.80 Å². The van der Waals surface area contributed by atoms with Gasteiger partial charge in [-0.1, -0.05) is 0 Å². The van der Waals surface area contributed by atoms with Crippen molar-refractivity contribution in [3.05, 3.63) is 0 Å². The van der Waals surface area contributed by atoms with Crippen molar-refractivity contribution in [3.8, 4) is 0 Å². The van der Waals surface area contributed by atoms with Gasteiger partial charge in [0.25, 0.3) is 0 Å². The number of amides is 1. The van der Waals surface area contributed by atoms with Crippen molar-refractivity contribution in [3.63, 3.8) is 0 Å². The fourth-order valence-electron chi connectivity index (χ4n) is 2.06. The maximum Gasteiger partial charge on any atom is 0.245 e. The highest BCUT2D eigenvalue weighted by Crippen LogP contribution is 2.15. The molecule has 1 fully saturated rings. The lowest BCUT2D eigenvalue weighted by Crippen LogP contribution is -2.47. The van der Waals surface area contributed by atoms with E-state index in [1.54, 1.807) is 0 Å². The van der Waals surface area contributed by atoms with Crippen LogP contribution in [0.2, 0.25) is 0 Å². The summed E-state index contributed by atoms with van der Waals surface area (Å²) in [5, 5.41) is 7.74. The number of hydrogen-bond donors (Lipinski definition) is 1. The Kier molecular flexibility index (Phi) is 4.12. The van der Waals surface area contributed by atoms with Gasteiger partial charge in [-0.05, 0) is 27.2 Å². The van der Waals surface area contributed by atoms with Crippen LogP contribution in [0.5, 0.6) is 0 Å². The molecule has 1 atom stereocenters. The van der Waals surface area contributed by atoms with Gasteiger partial charge in [-0.15, -0.1) is 0 Å². The summed E-state index contributed by atoms with van der Waals surface area (Å²) in [6, 6.07) is -0.167. The van der Waals surface area contributed by atoms with Gasteiger partial charge in [0.15, 0.2) is 0 Å². The molecule has 15 heavy (non-hydrogen) atoms. The first-order valence-electron chi connectivity index (χ1n) is 5.74. The highest BCUT2D eigenvalue weighted by molar-refractivity contribution is 5.89. The summed E-state index contributed by atoms with van der Waals surface area (Å²) in [6.45, 7) is 8.24. The lowest BCUT2D eigenvalue weighted by molar-refractivity contribution is -0.134. The molecular weight excluding hydrogens is 190 g/mol. The van der Waals surface area contributed by atoms with Crippen LogP contribution in [-0.4, -0.2) is 47.2 Å². The van der Waals surface area contributed by atoms with Gasteiger partial charge in [-0.25, -0.2) is 0 Å². The monoisotopic (exact) mass is 211 g/mol. The van der Waals surface area contributed by atoms with Crippen LogP contribution in [-0.2, 0) is 4.79 Å². The maximum atomic E-state index is 12.0. The number of nitrogens with zero attached hydrogens (tertiary/aromatic N) is 2. The number of likely N-dealkylation sites (tertiary alicyclic amines) is 1. The summed E-state index contributed by atoms with van der Waals surface area (Å²) in [5.41, 5.74) is 0. The number of carbonyl (C=O) groups is 1. The zero-order chi connectivity index (χ0) is 11.4. The molecule has 0 radical (unpaired) electrons. The molecule has 4 nitrogen and oxygen atoms in total. The Morgan fingerprint density at radius 1 is 1.53 bits per heavy atom. The molecule has 0 aromatic heterocycles. The molecule has 0 spiro atoms. The van der Waals surface area contributed by atoms with E-state index in [1.807, 2.05) is 30.6 Å². The fourth-order valence-corrected chi connectivity index (χ4v) is 2.06. The van der Waals surface area contributed by atoms with Gasteiger partial charge in [0, 0.05) is 26.1 Å². The summed E-state index contributed by atoms with van der Waals surface area (Å²) < 4.78 is 0. The quantitative estimate of drug-likeness (QED) is 0.762. The Balaban J connectivity index is 2.62. The molecule has 1 amide bonds. The number of carbonyl (C=O) groups excluding carboxylic acids is 1. The number of amidine groups is 1. The Hall–Kier alpha value is -1.06. The molecule has 0 saturated carbocycles. The molecule has 0 aromatic rings. The fraction of sp³-hybridized carbons (Fsp3) is 0.818. The molecule has 1 rings (SSSR count). The van der Waals surface area contributed by atoms with Crippen molar-refractivity contribution in [2.45, 2.75) is 39.7 Å². The second kappa shape index (κ2) is 5.14. The molecule has 1 aliphatic heterocycles. The van der Waals surface area contributed by atoms with Crippen LogP contribution in [0.3, 0.4) is 0 Å². The van der Waals surface area contributed by atoms with Crippen LogP contribution in [0, 0.1) is 5.41 Å². The molecule has 0 aliphatic carbocycles. The van der Waals surface area contributed by atoms with Gasteiger partial charge in [0.1, 0.15) is 6.04 Å². The van der Waals surface area contributed by atoms with Gasteiger partial charge in [-0.3, -0.25) is 10.2 Å². The van der Waals surface area contributed by atoms with E-state index in [-0.39, 0.29) is 11.9 Å². The normalized spacial score (nSPS) is 18.1. The van der Waals surface area contributed by atoms with E-state index in [1.165, 1.54) is 0 Å². The van der Waals surface area contributed by atoms with Gasteiger partial charge in [-0.2, -0.15) is 0 Å². The molecule has 1 saturated heterocycles. The highest BCUT2D eigenvalue weighted by atomic mass is 16.2. The highest BCUT2D eigenvalue weighted by Gasteiger charge is 2.28. The molecule has 0 aromatic carbocycles. The summed E-state index contributed by atoms with van der Waals surface area (Å²) in [7, 11) is 0. The molecular formula is C11H21N3O. The first-order chi connectivity index (χ1) is 7.11. The summed E-state index contributed by atoms with van der Waals surface area (Å²) in [6.07, 6.45) is 1.82. The smallest absolute Gasteiger partial charge is 0.245 e. The summed E-state index contributed by atoms with van der Waals surface area (Å²) in [4.78, 5) is 15.8. The number of likely N-dealkylation sites (N-methyl/N-ethyl adjacent to an activating group) is 1. The van der Waals surface area contributed by atoms with E-state index in [2.05, 4.69) is 0 Å². The van der Waals surface area contributed by atoms with E-state index in [9.17, 15) is 4.79 Å². The lowest BCUT2D eigenvalue weighted by atomic mass is 10.2. The summed E-state index contributed by atoms with van der Waals surface area (Å²) in [5.74, 6) is 0.759. The van der Waals surface area contributed by atoms with Gasteiger partial charge < -0.3 is 9.80 Å². The zero-order valence-electron chi connectivity index (χ0n) is 9.92. The van der Waals surface area contributed by atoms with E-state index in [0.29, 0.717) is 5.84 Å². The van der Waals surface area contributed by atoms with Gasteiger partial charge in [0.2, 0.25) is 5.91 Å². The molecule has 86 valence electrons. The molecule has 1 unspecified atom stereocenters. The average molecular weight is 211 g/mol. The maximum absolute atomic E-state index is 12.0. The number of nitrogens with one attached hydrogen (secondary N) is 1. The van der Waals surface area contributed by atoms with Gasteiger partial charge in [0.05, 0.1) is 5.84 Å². The predicted molar refractivity (Wildman–Crippen MR) is 61.1 cm³/mol. The van der Waals surface area contributed by atoms with Crippen molar-refractivity contribution < 1.29 is 4.79 Å². The minimum absolute atomic E-state index is 0.145. The van der Waals surface area contributed by atoms with E-state index < -0.39 is 0 Å². The van der Waals surface area contributed by atoms with Crippen molar-refractivity contribution >= 4 is 11.7 Å². The molecule has 4 heteroatoms. The van der Waals surface area contributed by atoms with Crippen LogP contribution < -0.4 is 0 Å². The van der Waals surface area contributed by atoms with E-state index >= 15 is 0 Å². The minimum atomic E-state index is -0.167. The third kappa shape index (κ3) is 2.49. The van der Waals surface area contributed by atoms with Crippen molar-refractivity contribution in [2.75, 3.05) is 19.6 Å². The minimum Gasteiger partial charge on any atom is -0.349 e.